The van der Waals surface area contributed by atoms with Crippen molar-refractivity contribution < 1.29 is 14.0 Å². The Morgan fingerprint density at radius 3 is 2.46 bits per heavy atom. The Kier molecular flexibility index (Phi) is 8.15. The number of halogens is 1. The highest BCUT2D eigenvalue weighted by molar-refractivity contribution is 7.99. The van der Waals surface area contributed by atoms with Crippen molar-refractivity contribution in [2.75, 3.05) is 12.3 Å². The van der Waals surface area contributed by atoms with E-state index < -0.39 is 0 Å². The quantitative estimate of drug-likeness (QED) is 0.520. The van der Waals surface area contributed by atoms with Crippen LogP contribution in [0.2, 0.25) is 0 Å². The second-order valence-corrected chi connectivity index (χ2v) is 7.12. The minimum absolute atomic E-state index is 0.0855. The van der Waals surface area contributed by atoms with Crippen LogP contribution in [0.25, 0.3) is 0 Å². The maximum Gasteiger partial charge on any atom is 0.251 e. The first-order valence-corrected chi connectivity index (χ1v) is 9.54. The number of benzene rings is 2. The lowest BCUT2D eigenvalue weighted by Crippen LogP contribution is -2.37. The van der Waals surface area contributed by atoms with Gasteiger partial charge in [-0.1, -0.05) is 18.2 Å². The van der Waals surface area contributed by atoms with Crippen LogP contribution in [-0.4, -0.2) is 30.2 Å². The third kappa shape index (κ3) is 7.27. The zero-order valence-corrected chi connectivity index (χ0v) is 15.5. The van der Waals surface area contributed by atoms with Gasteiger partial charge >= 0.3 is 0 Å². The average molecular weight is 374 g/mol. The smallest absolute Gasteiger partial charge is 0.251 e. The van der Waals surface area contributed by atoms with Gasteiger partial charge in [0.15, 0.2) is 0 Å². The fourth-order valence-corrected chi connectivity index (χ4v) is 3.17. The van der Waals surface area contributed by atoms with E-state index in [9.17, 15) is 14.0 Å². The van der Waals surface area contributed by atoms with Gasteiger partial charge in [0, 0.05) is 29.5 Å². The van der Waals surface area contributed by atoms with Crippen molar-refractivity contribution in [2.24, 2.45) is 0 Å². The van der Waals surface area contributed by atoms with Gasteiger partial charge in [-0.05, 0) is 55.5 Å². The van der Waals surface area contributed by atoms with Crippen LogP contribution in [0.15, 0.2) is 59.5 Å². The Bertz CT molecular complexity index is 708. The molecule has 2 amide bonds. The number of hydrogen-bond acceptors (Lipinski definition) is 3. The molecule has 0 radical (unpaired) electrons. The van der Waals surface area contributed by atoms with Crippen LogP contribution in [0.5, 0.6) is 0 Å². The SMILES string of the molecule is CC(CC(=O)NCCCSc1ccc(F)cc1)NC(=O)c1ccccc1. The van der Waals surface area contributed by atoms with Gasteiger partial charge in [-0.2, -0.15) is 0 Å². The summed E-state index contributed by atoms with van der Waals surface area (Å²) in [4.78, 5) is 25.0. The van der Waals surface area contributed by atoms with Crippen LogP contribution in [0, 0.1) is 5.82 Å². The molecule has 0 aliphatic heterocycles. The molecular formula is C20H23FN2O2S. The second kappa shape index (κ2) is 10.6. The highest BCUT2D eigenvalue weighted by atomic mass is 32.2. The monoisotopic (exact) mass is 374 g/mol. The zero-order valence-electron chi connectivity index (χ0n) is 14.7. The Morgan fingerprint density at radius 1 is 1.08 bits per heavy atom. The number of carbonyl (C=O) groups is 2. The van der Waals surface area contributed by atoms with Gasteiger partial charge in [0.05, 0.1) is 0 Å². The van der Waals surface area contributed by atoms with Crippen molar-refractivity contribution >= 4 is 23.6 Å². The van der Waals surface area contributed by atoms with Crippen LogP contribution in [0.3, 0.4) is 0 Å². The largest absolute Gasteiger partial charge is 0.356 e. The fourth-order valence-electron chi connectivity index (χ4n) is 2.32. The molecule has 0 heterocycles. The van der Waals surface area contributed by atoms with E-state index in [4.69, 9.17) is 0 Å². The molecule has 1 unspecified atom stereocenters. The van der Waals surface area contributed by atoms with Gasteiger partial charge in [-0.3, -0.25) is 9.59 Å². The molecule has 0 spiro atoms. The van der Waals surface area contributed by atoms with E-state index in [0.717, 1.165) is 17.1 Å². The average Bonchev–Trinajstić information content (AvgIpc) is 2.63. The molecule has 0 saturated heterocycles. The van der Waals surface area contributed by atoms with Crippen molar-refractivity contribution in [1.82, 2.24) is 10.6 Å². The van der Waals surface area contributed by atoms with Crippen molar-refractivity contribution in [2.45, 2.75) is 30.7 Å². The number of hydrogen-bond donors (Lipinski definition) is 2. The molecule has 0 bridgehead atoms. The molecule has 26 heavy (non-hydrogen) atoms. The lowest BCUT2D eigenvalue weighted by Gasteiger charge is -2.14. The molecule has 6 heteroatoms. The van der Waals surface area contributed by atoms with Gasteiger partial charge < -0.3 is 10.6 Å². The summed E-state index contributed by atoms with van der Waals surface area (Å²) in [6.45, 7) is 2.39. The molecular weight excluding hydrogens is 351 g/mol. The standard InChI is InChI=1S/C20H23FN2O2S/c1-15(23-20(25)16-6-3-2-4-7-16)14-19(24)22-12-5-13-26-18-10-8-17(21)9-11-18/h2-4,6-11,15H,5,12-14H2,1H3,(H,22,24)(H,23,25). The van der Waals surface area contributed by atoms with Crippen molar-refractivity contribution in [3.63, 3.8) is 0 Å². The summed E-state index contributed by atoms with van der Waals surface area (Å²) in [6, 6.07) is 15.1. The van der Waals surface area contributed by atoms with Gasteiger partial charge in [-0.25, -0.2) is 4.39 Å². The first kappa shape index (κ1) is 20.0. The third-order valence-corrected chi connectivity index (χ3v) is 4.73. The lowest BCUT2D eigenvalue weighted by molar-refractivity contribution is -0.121. The molecule has 2 rings (SSSR count). The summed E-state index contributed by atoms with van der Waals surface area (Å²) in [5.41, 5.74) is 0.581. The van der Waals surface area contributed by atoms with E-state index in [1.54, 1.807) is 48.2 Å². The fraction of sp³-hybridized carbons (Fsp3) is 0.300. The van der Waals surface area contributed by atoms with Crippen LogP contribution in [-0.2, 0) is 4.79 Å². The van der Waals surface area contributed by atoms with E-state index >= 15 is 0 Å². The number of carbonyl (C=O) groups excluding carboxylic acids is 2. The number of amides is 2. The molecule has 2 N–H and O–H groups in total. The molecule has 2 aromatic rings. The van der Waals surface area contributed by atoms with Gasteiger partial charge in [0.2, 0.25) is 5.91 Å². The first-order valence-electron chi connectivity index (χ1n) is 8.55. The molecule has 138 valence electrons. The molecule has 0 fully saturated rings. The third-order valence-electron chi connectivity index (χ3n) is 3.63. The van der Waals surface area contributed by atoms with Crippen molar-refractivity contribution in [3.8, 4) is 0 Å². The summed E-state index contributed by atoms with van der Waals surface area (Å²) in [5.74, 6) is 0.334. The van der Waals surface area contributed by atoms with Crippen LogP contribution in [0.1, 0.15) is 30.1 Å². The molecule has 0 aliphatic rings. The van der Waals surface area contributed by atoms with Crippen molar-refractivity contribution in [1.29, 1.82) is 0 Å². The summed E-state index contributed by atoms with van der Waals surface area (Å²) in [6.07, 6.45) is 1.06. The minimum atomic E-state index is -0.241. The second-order valence-electron chi connectivity index (χ2n) is 5.95. The van der Waals surface area contributed by atoms with Crippen molar-refractivity contribution in [3.05, 3.63) is 66.0 Å². The summed E-state index contributed by atoms with van der Waals surface area (Å²) < 4.78 is 12.8. The van der Waals surface area contributed by atoms with Gasteiger partial charge in [-0.15, -0.1) is 11.8 Å². The maximum absolute atomic E-state index is 12.8. The molecule has 0 aliphatic carbocycles. The Hall–Kier alpha value is -2.34. The van der Waals surface area contributed by atoms with E-state index in [1.807, 2.05) is 13.0 Å². The molecule has 0 aromatic heterocycles. The van der Waals surface area contributed by atoms with E-state index in [0.29, 0.717) is 12.1 Å². The lowest BCUT2D eigenvalue weighted by atomic mass is 10.1. The Morgan fingerprint density at radius 2 is 1.77 bits per heavy atom. The highest BCUT2D eigenvalue weighted by Gasteiger charge is 2.12. The number of rotatable bonds is 9. The Labute approximate surface area is 157 Å². The minimum Gasteiger partial charge on any atom is -0.356 e. The van der Waals surface area contributed by atoms with E-state index in [-0.39, 0.29) is 30.1 Å². The highest BCUT2D eigenvalue weighted by Crippen LogP contribution is 2.18. The summed E-state index contributed by atoms with van der Waals surface area (Å²) in [7, 11) is 0. The zero-order chi connectivity index (χ0) is 18.8. The molecule has 4 nitrogen and oxygen atoms in total. The summed E-state index contributed by atoms with van der Waals surface area (Å²) in [5, 5.41) is 5.68. The van der Waals surface area contributed by atoms with Gasteiger partial charge in [0.25, 0.3) is 5.91 Å². The van der Waals surface area contributed by atoms with E-state index in [1.165, 1.54) is 12.1 Å². The predicted octanol–water partition coefficient (Wildman–Crippen LogP) is 3.63. The van der Waals surface area contributed by atoms with Crippen LogP contribution in [0.4, 0.5) is 4.39 Å². The summed E-state index contributed by atoms with van der Waals surface area (Å²) >= 11 is 1.63. The van der Waals surface area contributed by atoms with E-state index in [2.05, 4.69) is 10.6 Å². The topological polar surface area (TPSA) is 58.2 Å². The maximum atomic E-state index is 12.8. The number of thioether (sulfide) groups is 1. The predicted molar refractivity (Wildman–Crippen MR) is 103 cm³/mol. The molecule has 0 saturated carbocycles. The first-order chi connectivity index (χ1) is 12.5. The Balaban J connectivity index is 1.59. The van der Waals surface area contributed by atoms with Crippen LogP contribution < -0.4 is 10.6 Å². The van der Waals surface area contributed by atoms with Crippen LogP contribution >= 0.6 is 11.8 Å². The number of nitrogens with one attached hydrogen (secondary N) is 2. The van der Waals surface area contributed by atoms with Gasteiger partial charge in [0.1, 0.15) is 5.82 Å². The molecule has 1 atom stereocenters. The normalized spacial score (nSPS) is 11.6. The molecule has 2 aromatic carbocycles.